The normalized spacial score (nSPS) is 11.6. The third-order valence-corrected chi connectivity index (χ3v) is 3.56. The Bertz CT molecular complexity index is 696. The van der Waals surface area contributed by atoms with Crippen LogP contribution in [-0.4, -0.2) is 55.1 Å². The lowest BCUT2D eigenvalue weighted by Gasteiger charge is -2.19. The van der Waals surface area contributed by atoms with Crippen molar-refractivity contribution >= 4 is 18.0 Å². The van der Waals surface area contributed by atoms with Crippen molar-refractivity contribution in [3.05, 3.63) is 17.8 Å². The predicted octanol–water partition coefficient (Wildman–Crippen LogP) is 3.48. The van der Waals surface area contributed by atoms with E-state index in [0.29, 0.717) is 24.7 Å². The van der Waals surface area contributed by atoms with Gasteiger partial charge in [0.05, 0.1) is 7.11 Å². The summed E-state index contributed by atoms with van der Waals surface area (Å²) in [5.74, 6) is 1.03. The van der Waals surface area contributed by atoms with Gasteiger partial charge < -0.3 is 24.8 Å². The molecule has 0 atom stereocenters. The fourth-order valence-corrected chi connectivity index (χ4v) is 2.42. The molecule has 9 heteroatoms. The summed E-state index contributed by atoms with van der Waals surface area (Å²) < 4.78 is 15.8. The van der Waals surface area contributed by atoms with Gasteiger partial charge in [0.25, 0.3) is 0 Å². The largest absolute Gasteiger partial charge is 0.496 e. The molecule has 0 saturated carbocycles. The number of pyridine rings is 1. The summed E-state index contributed by atoms with van der Waals surface area (Å²) in [7, 11) is 1.58. The number of hydrogen-bond donors (Lipinski definition) is 3. The Hall–Kier alpha value is -2.55. The molecule has 1 aromatic rings. The Morgan fingerprint density at radius 2 is 1.60 bits per heavy atom. The van der Waals surface area contributed by atoms with Crippen molar-refractivity contribution in [1.29, 1.82) is 0 Å². The van der Waals surface area contributed by atoms with Crippen molar-refractivity contribution in [2.45, 2.75) is 65.6 Å². The van der Waals surface area contributed by atoms with Gasteiger partial charge in [-0.05, 0) is 60.9 Å². The van der Waals surface area contributed by atoms with Gasteiger partial charge in [0, 0.05) is 30.9 Å². The van der Waals surface area contributed by atoms with E-state index in [0.717, 1.165) is 24.9 Å². The van der Waals surface area contributed by atoms with E-state index in [2.05, 4.69) is 20.9 Å². The number of alkyl carbamates (subject to hydrolysis) is 1. The number of carbonyl (C=O) groups excluding carboxylic acids is 2. The molecule has 0 bridgehead atoms. The number of carbonyl (C=O) groups is 2. The van der Waals surface area contributed by atoms with Crippen molar-refractivity contribution in [2.75, 3.05) is 32.1 Å². The minimum absolute atomic E-state index is 0.371. The van der Waals surface area contributed by atoms with E-state index in [4.69, 9.17) is 14.2 Å². The Kier molecular flexibility index (Phi) is 9.84. The van der Waals surface area contributed by atoms with Gasteiger partial charge in [0.2, 0.25) is 0 Å². The van der Waals surface area contributed by atoms with Crippen molar-refractivity contribution in [3.63, 3.8) is 0 Å². The summed E-state index contributed by atoms with van der Waals surface area (Å²) in [4.78, 5) is 27.7. The molecule has 0 aliphatic rings. The van der Waals surface area contributed by atoms with Gasteiger partial charge in [-0.25, -0.2) is 14.6 Å². The smallest absolute Gasteiger partial charge is 0.413 e. The number of anilines is 1. The molecule has 0 unspecified atom stereocenters. The number of ether oxygens (including phenoxy) is 3. The van der Waals surface area contributed by atoms with Crippen LogP contribution in [0.4, 0.5) is 15.4 Å². The second-order valence-corrected chi connectivity index (χ2v) is 8.79. The molecule has 0 aromatic carbocycles. The lowest BCUT2D eigenvalue weighted by Crippen LogP contribution is -2.36. The Labute approximate surface area is 179 Å². The highest BCUT2D eigenvalue weighted by molar-refractivity contribution is 5.83. The molecule has 0 spiro atoms. The fourth-order valence-electron chi connectivity index (χ4n) is 2.42. The van der Waals surface area contributed by atoms with Crippen LogP contribution in [0.3, 0.4) is 0 Å². The number of nitrogens with zero attached hydrogens (tertiary/aromatic N) is 1. The van der Waals surface area contributed by atoms with Crippen molar-refractivity contribution < 1.29 is 23.8 Å². The molecule has 30 heavy (non-hydrogen) atoms. The summed E-state index contributed by atoms with van der Waals surface area (Å²) in [6.07, 6.45) is 2.34. The molecular weight excluding hydrogens is 388 g/mol. The molecular formula is C21H36N4O5. The number of aryl methyl sites for hydroxylation is 1. The molecule has 9 nitrogen and oxygen atoms in total. The molecule has 0 saturated heterocycles. The zero-order chi connectivity index (χ0) is 22.8. The van der Waals surface area contributed by atoms with Gasteiger partial charge in [-0.15, -0.1) is 0 Å². The standard InChI is InChI=1S/C21H36N4O5/c1-20(2,3)29-18(26)23-12-11-22-10-8-9-15-14-24-17(13-16(15)28-7)25-19(27)30-21(4,5)6/h13-14,22H,8-12H2,1-7H3,(H,23,26)(H,24,25,27). The Morgan fingerprint density at radius 3 is 2.20 bits per heavy atom. The number of nitrogens with one attached hydrogen (secondary N) is 3. The zero-order valence-electron chi connectivity index (χ0n) is 19.2. The van der Waals surface area contributed by atoms with Crippen LogP contribution in [0.15, 0.2) is 12.3 Å². The molecule has 1 aromatic heterocycles. The summed E-state index contributed by atoms with van der Waals surface area (Å²) in [5.41, 5.74) is -0.132. The lowest BCUT2D eigenvalue weighted by molar-refractivity contribution is 0.0527. The Morgan fingerprint density at radius 1 is 0.967 bits per heavy atom. The van der Waals surface area contributed by atoms with Crippen LogP contribution < -0.4 is 20.7 Å². The van der Waals surface area contributed by atoms with Crippen molar-refractivity contribution in [1.82, 2.24) is 15.6 Å². The average Bonchev–Trinajstić information content (AvgIpc) is 2.58. The van der Waals surface area contributed by atoms with E-state index in [9.17, 15) is 9.59 Å². The summed E-state index contributed by atoms with van der Waals surface area (Å²) in [5, 5.41) is 8.57. The van der Waals surface area contributed by atoms with Crippen LogP contribution in [0.2, 0.25) is 0 Å². The summed E-state index contributed by atoms with van der Waals surface area (Å²) >= 11 is 0. The molecule has 3 N–H and O–H groups in total. The lowest BCUT2D eigenvalue weighted by atomic mass is 10.1. The minimum Gasteiger partial charge on any atom is -0.496 e. The molecule has 0 radical (unpaired) electrons. The maximum absolute atomic E-state index is 11.9. The van der Waals surface area contributed by atoms with Gasteiger partial charge >= 0.3 is 12.2 Å². The van der Waals surface area contributed by atoms with E-state index < -0.39 is 23.4 Å². The van der Waals surface area contributed by atoms with Gasteiger partial charge in [-0.1, -0.05) is 0 Å². The number of hydrogen-bond acceptors (Lipinski definition) is 7. The molecule has 1 rings (SSSR count). The SMILES string of the molecule is COc1cc(NC(=O)OC(C)(C)C)ncc1CCCNCCNC(=O)OC(C)(C)C. The van der Waals surface area contributed by atoms with E-state index >= 15 is 0 Å². The first kappa shape index (κ1) is 25.5. The van der Waals surface area contributed by atoms with Crippen molar-refractivity contribution in [2.24, 2.45) is 0 Å². The van der Waals surface area contributed by atoms with Gasteiger partial charge in [0.1, 0.15) is 22.8 Å². The van der Waals surface area contributed by atoms with Crippen molar-refractivity contribution in [3.8, 4) is 5.75 Å². The zero-order valence-corrected chi connectivity index (χ0v) is 19.2. The highest BCUT2D eigenvalue weighted by atomic mass is 16.6. The fraction of sp³-hybridized carbons (Fsp3) is 0.667. The maximum Gasteiger partial charge on any atom is 0.413 e. The molecule has 0 aliphatic heterocycles. The average molecular weight is 425 g/mol. The van der Waals surface area contributed by atoms with E-state index in [-0.39, 0.29) is 0 Å². The number of aromatic nitrogens is 1. The first-order valence-electron chi connectivity index (χ1n) is 10.1. The topological polar surface area (TPSA) is 111 Å². The number of methoxy groups -OCH3 is 1. The van der Waals surface area contributed by atoms with Gasteiger partial charge in [-0.3, -0.25) is 5.32 Å². The molecule has 2 amide bonds. The van der Waals surface area contributed by atoms with Crippen LogP contribution in [0, 0.1) is 0 Å². The maximum atomic E-state index is 11.9. The van der Waals surface area contributed by atoms with E-state index in [1.54, 1.807) is 40.1 Å². The number of rotatable bonds is 9. The highest BCUT2D eigenvalue weighted by Crippen LogP contribution is 2.22. The van der Waals surface area contributed by atoms with Crippen LogP contribution in [-0.2, 0) is 15.9 Å². The van der Waals surface area contributed by atoms with Crippen LogP contribution in [0.25, 0.3) is 0 Å². The Balaban J connectivity index is 2.35. The molecule has 170 valence electrons. The van der Waals surface area contributed by atoms with Gasteiger partial charge in [0.15, 0.2) is 0 Å². The third kappa shape index (κ3) is 11.5. The summed E-state index contributed by atoms with van der Waals surface area (Å²) in [6.45, 7) is 12.8. The second-order valence-electron chi connectivity index (χ2n) is 8.79. The first-order valence-corrected chi connectivity index (χ1v) is 10.1. The quantitative estimate of drug-likeness (QED) is 0.520. The molecule has 0 aliphatic carbocycles. The third-order valence-electron chi connectivity index (χ3n) is 3.56. The van der Waals surface area contributed by atoms with Crippen LogP contribution in [0.1, 0.15) is 53.5 Å². The van der Waals surface area contributed by atoms with Gasteiger partial charge in [-0.2, -0.15) is 0 Å². The van der Waals surface area contributed by atoms with Crippen LogP contribution >= 0.6 is 0 Å². The summed E-state index contributed by atoms with van der Waals surface area (Å²) in [6, 6.07) is 1.68. The van der Waals surface area contributed by atoms with E-state index in [1.165, 1.54) is 0 Å². The second kappa shape index (κ2) is 11.6. The van der Waals surface area contributed by atoms with E-state index in [1.807, 2.05) is 20.8 Å². The molecule has 1 heterocycles. The molecule has 0 fully saturated rings. The van der Waals surface area contributed by atoms with Crippen LogP contribution in [0.5, 0.6) is 5.75 Å². The minimum atomic E-state index is -0.580. The number of amides is 2. The first-order chi connectivity index (χ1) is 13.9. The monoisotopic (exact) mass is 424 g/mol. The predicted molar refractivity (Wildman–Crippen MR) is 116 cm³/mol. The highest BCUT2D eigenvalue weighted by Gasteiger charge is 2.17.